The van der Waals surface area contributed by atoms with Crippen molar-refractivity contribution in [3.63, 3.8) is 0 Å². The van der Waals surface area contributed by atoms with Crippen LogP contribution in [0.15, 0.2) is 63.9 Å². The molecular formula is C20H18N2O2S. The van der Waals surface area contributed by atoms with Crippen LogP contribution in [-0.2, 0) is 4.74 Å². The third kappa shape index (κ3) is 2.68. The van der Waals surface area contributed by atoms with E-state index in [4.69, 9.17) is 9.15 Å². The van der Waals surface area contributed by atoms with Crippen molar-refractivity contribution in [3.05, 3.63) is 77.5 Å². The number of hydrogen-bond donors (Lipinski definition) is 0. The highest BCUT2D eigenvalue weighted by molar-refractivity contribution is 7.99. The Morgan fingerprint density at radius 1 is 0.920 bits per heavy atom. The molecule has 0 radical (unpaired) electrons. The van der Waals surface area contributed by atoms with Gasteiger partial charge in [0.2, 0.25) is 11.8 Å². The maximum Gasteiger partial charge on any atom is 0.224 e. The van der Waals surface area contributed by atoms with Crippen LogP contribution in [0, 0.1) is 0 Å². The molecule has 126 valence electrons. The summed E-state index contributed by atoms with van der Waals surface area (Å²) in [6, 6.07) is 18.8. The Kier molecular flexibility index (Phi) is 3.83. The van der Waals surface area contributed by atoms with Crippen molar-refractivity contribution < 1.29 is 9.15 Å². The van der Waals surface area contributed by atoms with Crippen LogP contribution in [-0.4, -0.2) is 22.6 Å². The second kappa shape index (κ2) is 6.32. The first-order valence-electron chi connectivity index (χ1n) is 8.62. The number of ether oxygens (including phenoxy) is 1. The van der Waals surface area contributed by atoms with Gasteiger partial charge in [-0.3, -0.25) is 0 Å². The molecule has 2 aliphatic heterocycles. The predicted octanol–water partition coefficient (Wildman–Crippen LogP) is 4.55. The standard InChI is InChI=1S/C20H18N2O2S/c1-2-6-13(7-3-1)18-15(10-11-23-18)19-21-22-20(24-19)16-12-25-17-9-5-4-8-14(16)17/h1-9,15-16,18H,10-12H2/t15-,16?,18+/m0/s1. The van der Waals surface area contributed by atoms with Crippen molar-refractivity contribution in [2.75, 3.05) is 12.4 Å². The van der Waals surface area contributed by atoms with E-state index in [-0.39, 0.29) is 17.9 Å². The number of benzene rings is 2. The van der Waals surface area contributed by atoms with Gasteiger partial charge in [0.1, 0.15) is 0 Å². The molecule has 4 nitrogen and oxygen atoms in total. The van der Waals surface area contributed by atoms with E-state index in [0.717, 1.165) is 24.7 Å². The summed E-state index contributed by atoms with van der Waals surface area (Å²) < 4.78 is 12.1. The minimum Gasteiger partial charge on any atom is -0.424 e. The van der Waals surface area contributed by atoms with Gasteiger partial charge in [0.15, 0.2) is 0 Å². The molecule has 0 amide bonds. The molecule has 3 atom stereocenters. The van der Waals surface area contributed by atoms with Crippen molar-refractivity contribution in [2.24, 2.45) is 0 Å². The molecule has 0 N–H and O–H groups in total. The van der Waals surface area contributed by atoms with Gasteiger partial charge < -0.3 is 9.15 Å². The van der Waals surface area contributed by atoms with Crippen LogP contribution in [0.3, 0.4) is 0 Å². The summed E-state index contributed by atoms with van der Waals surface area (Å²) in [5.41, 5.74) is 2.47. The first kappa shape index (κ1) is 15.2. The fraction of sp³-hybridized carbons (Fsp3) is 0.300. The Labute approximate surface area is 150 Å². The van der Waals surface area contributed by atoms with Crippen molar-refractivity contribution in [1.82, 2.24) is 10.2 Å². The molecular weight excluding hydrogens is 332 g/mol. The van der Waals surface area contributed by atoms with Gasteiger partial charge in [-0.05, 0) is 23.6 Å². The van der Waals surface area contributed by atoms with Gasteiger partial charge in [-0.15, -0.1) is 22.0 Å². The highest BCUT2D eigenvalue weighted by Gasteiger charge is 2.36. The molecule has 0 aliphatic carbocycles. The molecule has 3 aromatic rings. The number of hydrogen-bond acceptors (Lipinski definition) is 5. The average Bonchev–Trinajstić information content (AvgIpc) is 3.40. The number of nitrogens with zero attached hydrogens (tertiary/aromatic N) is 2. The van der Waals surface area contributed by atoms with Gasteiger partial charge in [0.25, 0.3) is 0 Å². The fourth-order valence-electron chi connectivity index (χ4n) is 3.72. The quantitative estimate of drug-likeness (QED) is 0.693. The molecule has 0 bridgehead atoms. The van der Waals surface area contributed by atoms with Gasteiger partial charge in [-0.25, -0.2) is 0 Å². The highest BCUT2D eigenvalue weighted by atomic mass is 32.2. The van der Waals surface area contributed by atoms with E-state index in [1.54, 1.807) is 0 Å². The molecule has 25 heavy (non-hydrogen) atoms. The predicted molar refractivity (Wildman–Crippen MR) is 95.8 cm³/mol. The maximum absolute atomic E-state index is 6.14. The van der Waals surface area contributed by atoms with E-state index in [1.165, 1.54) is 16.0 Å². The largest absolute Gasteiger partial charge is 0.424 e. The van der Waals surface area contributed by atoms with E-state index in [2.05, 4.69) is 46.6 Å². The minimum atomic E-state index is -0.000241. The monoisotopic (exact) mass is 350 g/mol. The van der Waals surface area contributed by atoms with E-state index < -0.39 is 0 Å². The van der Waals surface area contributed by atoms with E-state index >= 15 is 0 Å². The molecule has 5 rings (SSSR count). The second-order valence-corrected chi connectivity index (χ2v) is 7.54. The van der Waals surface area contributed by atoms with Gasteiger partial charge in [0, 0.05) is 17.3 Å². The molecule has 1 fully saturated rings. The summed E-state index contributed by atoms with van der Waals surface area (Å²) in [7, 11) is 0. The van der Waals surface area contributed by atoms with E-state index in [0.29, 0.717) is 5.89 Å². The van der Waals surface area contributed by atoms with Crippen LogP contribution in [0.1, 0.15) is 47.3 Å². The zero-order chi connectivity index (χ0) is 16.6. The lowest BCUT2D eigenvalue weighted by molar-refractivity contribution is 0.0996. The van der Waals surface area contributed by atoms with Crippen molar-refractivity contribution in [3.8, 4) is 0 Å². The van der Waals surface area contributed by atoms with Crippen molar-refractivity contribution in [2.45, 2.75) is 29.3 Å². The van der Waals surface area contributed by atoms with Crippen LogP contribution in [0.5, 0.6) is 0 Å². The number of thioether (sulfide) groups is 1. The molecule has 0 spiro atoms. The van der Waals surface area contributed by atoms with Gasteiger partial charge in [-0.2, -0.15) is 0 Å². The molecule has 5 heteroatoms. The van der Waals surface area contributed by atoms with Crippen LogP contribution in [0.2, 0.25) is 0 Å². The fourth-order valence-corrected chi connectivity index (χ4v) is 4.94. The van der Waals surface area contributed by atoms with E-state index in [1.807, 2.05) is 30.0 Å². The second-order valence-electron chi connectivity index (χ2n) is 6.48. The summed E-state index contributed by atoms with van der Waals surface area (Å²) >= 11 is 1.86. The summed E-state index contributed by atoms with van der Waals surface area (Å²) in [6.07, 6.45) is 0.914. The van der Waals surface area contributed by atoms with Crippen molar-refractivity contribution >= 4 is 11.8 Å². The number of fused-ring (bicyclic) bond motifs is 1. The number of aromatic nitrogens is 2. The first-order chi connectivity index (χ1) is 12.4. The van der Waals surface area contributed by atoms with Gasteiger partial charge in [0.05, 0.1) is 17.9 Å². The van der Waals surface area contributed by atoms with Gasteiger partial charge >= 0.3 is 0 Å². The lowest BCUT2D eigenvalue weighted by Gasteiger charge is -2.15. The zero-order valence-corrected chi connectivity index (χ0v) is 14.5. The normalized spacial score (nSPS) is 25.2. The molecule has 1 saturated heterocycles. The Balaban J connectivity index is 1.43. The summed E-state index contributed by atoms with van der Waals surface area (Å²) in [5, 5.41) is 8.77. The topological polar surface area (TPSA) is 48.2 Å². The summed E-state index contributed by atoms with van der Waals surface area (Å²) in [4.78, 5) is 1.32. The molecule has 2 aliphatic rings. The Hall–Kier alpha value is -2.11. The molecule has 2 aromatic carbocycles. The first-order valence-corrected chi connectivity index (χ1v) is 9.60. The van der Waals surface area contributed by atoms with Crippen LogP contribution in [0.4, 0.5) is 0 Å². The summed E-state index contributed by atoms with van der Waals surface area (Å²) in [5.74, 6) is 2.72. The van der Waals surface area contributed by atoms with Crippen LogP contribution >= 0.6 is 11.8 Å². The third-order valence-electron chi connectivity index (χ3n) is 4.99. The minimum absolute atomic E-state index is 0.000241. The Morgan fingerprint density at radius 3 is 2.64 bits per heavy atom. The smallest absolute Gasteiger partial charge is 0.224 e. The van der Waals surface area contributed by atoms with Crippen LogP contribution < -0.4 is 0 Å². The zero-order valence-electron chi connectivity index (χ0n) is 13.7. The van der Waals surface area contributed by atoms with Crippen molar-refractivity contribution in [1.29, 1.82) is 0 Å². The third-order valence-corrected chi connectivity index (χ3v) is 6.17. The Bertz CT molecular complexity index is 880. The average molecular weight is 350 g/mol. The molecule has 1 unspecified atom stereocenters. The maximum atomic E-state index is 6.14. The molecule has 3 heterocycles. The summed E-state index contributed by atoms with van der Waals surface area (Å²) in [6.45, 7) is 0.726. The van der Waals surface area contributed by atoms with E-state index in [9.17, 15) is 0 Å². The lowest BCUT2D eigenvalue weighted by Crippen LogP contribution is -2.06. The SMILES string of the molecule is c1ccc([C@H]2OCC[C@@H]2c2nnc(C3CSc4ccccc43)o2)cc1. The van der Waals surface area contributed by atoms with Crippen LogP contribution in [0.25, 0.3) is 0 Å². The van der Waals surface area contributed by atoms with Gasteiger partial charge in [-0.1, -0.05) is 48.5 Å². The molecule has 1 aromatic heterocycles. The Morgan fingerprint density at radius 2 is 1.72 bits per heavy atom. The lowest BCUT2D eigenvalue weighted by atomic mass is 9.95. The highest BCUT2D eigenvalue weighted by Crippen LogP contribution is 2.45. The molecule has 0 saturated carbocycles. The number of rotatable bonds is 3.